The van der Waals surface area contributed by atoms with Crippen LogP contribution < -0.4 is 10.2 Å². The number of para-hydroxylation sites is 2. The van der Waals surface area contributed by atoms with Crippen molar-refractivity contribution in [3.8, 4) is 0 Å². The van der Waals surface area contributed by atoms with Crippen LogP contribution in [-0.4, -0.2) is 47.0 Å². The van der Waals surface area contributed by atoms with Crippen molar-refractivity contribution in [1.29, 1.82) is 0 Å². The molecule has 0 aliphatic carbocycles. The zero-order chi connectivity index (χ0) is 22.1. The van der Waals surface area contributed by atoms with Gasteiger partial charge in [-0.3, -0.25) is 4.79 Å². The van der Waals surface area contributed by atoms with Gasteiger partial charge in [0.1, 0.15) is 5.82 Å². The summed E-state index contributed by atoms with van der Waals surface area (Å²) in [5.41, 5.74) is 4.24. The number of benzene rings is 2. The number of hydrogen-bond acceptors (Lipinski definition) is 5. The molecule has 0 bridgehead atoms. The van der Waals surface area contributed by atoms with E-state index in [1.165, 1.54) is 17.0 Å². The quantitative estimate of drug-likeness (QED) is 0.413. The molecule has 2 aromatic carbocycles. The predicted molar refractivity (Wildman–Crippen MR) is 132 cm³/mol. The van der Waals surface area contributed by atoms with Gasteiger partial charge >= 0.3 is 0 Å². The van der Waals surface area contributed by atoms with Gasteiger partial charge in [0, 0.05) is 37.6 Å². The van der Waals surface area contributed by atoms with E-state index >= 15 is 0 Å². The normalized spacial score (nSPS) is 15.2. The minimum Gasteiger partial charge on any atom is -0.375 e. The lowest BCUT2D eigenvalue weighted by molar-refractivity contribution is 0.0751. The molecular formula is C24H24ClN5OS. The molecule has 1 aliphatic heterocycles. The van der Waals surface area contributed by atoms with Crippen molar-refractivity contribution in [3.63, 3.8) is 0 Å². The van der Waals surface area contributed by atoms with E-state index in [9.17, 15) is 4.79 Å². The molecule has 4 aromatic rings. The van der Waals surface area contributed by atoms with Crippen LogP contribution in [0.4, 0.5) is 11.4 Å². The molecule has 1 atom stereocenters. The number of imidazole rings is 1. The number of H-pyrrole nitrogens is 1. The third-order valence-electron chi connectivity index (χ3n) is 5.78. The van der Waals surface area contributed by atoms with E-state index in [-0.39, 0.29) is 11.9 Å². The van der Waals surface area contributed by atoms with Gasteiger partial charge in [0.2, 0.25) is 0 Å². The van der Waals surface area contributed by atoms with Crippen LogP contribution in [0, 0.1) is 0 Å². The summed E-state index contributed by atoms with van der Waals surface area (Å²) in [4.78, 5) is 25.6. The van der Waals surface area contributed by atoms with Crippen LogP contribution in [0.3, 0.4) is 0 Å². The number of carbonyl (C=O) groups is 1. The Balaban J connectivity index is 1.18. The Morgan fingerprint density at radius 2 is 1.81 bits per heavy atom. The number of aromatic nitrogens is 2. The van der Waals surface area contributed by atoms with Crippen molar-refractivity contribution < 1.29 is 4.79 Å². The first-order chi connectivity index (χ1) is 15.6. The van der Waals surface area contributed by atoms with Crippen LogP contribution in [-0.2, 0) is 0 Å². The summed E-state index contributed by atoms with van der Waals surface area (Å²) < 4.78 is 0.648. The molecule has 0 saturated carbocycles. The van der Waals surface area contributed by atoms with Crippen molar-refractivity contribution in [2.75, 3.05) is 36.4 Å². The summed E-state index contributed by atoms with van der Waals surface area (Å²) in [6, 6.07) is 20.2. The van der Waals surface area contributed by atoms with E-state index < -0.39 is 0 Å². The van der Waals surface area contributed by atoms with Crippen LogP contribution in [0.1, 0.15) is 28.5 Å². The first kappa shape index (κ1) is 20.8. The summed E-state index contributed by atoms with van der Waals surface area (Å²) in [5.74, 6) is 0.990. The lowest BCUT2D eigenvalue weighted by Crippen LogP contribution is -2.48. The van der Waals surface area contributed by atoms with E-state index in [0.29, 0.717) is 22.3 Å². The summed E-state index contributed by atoms with van der Waals surface area (Å²) in [7, 11) is 0. The van der Waals surface area contributed by atoms with E-state index in [0.717, 1.165) is 35.6 Å². The summed E-state index contributed by atoms with van der Waals surface area (Å²) in [6.07, 6.45) is 0. The minimum atomic E-state index is 0.0635. The fourth-order valence-electron chi connectivity index (χ4n) is 4.02. The molecule has 1 unspecified atom stereocenters. The van der Waals surface area contributed by atoms with Gasteiger partial charge in [-0.05, 0) is 55.5 Å². The summed E-state index contributed by atoms with van der Waals surface area (Å²) in [6.45, 7) is 5.14. The molecule has 164 valence electrons. The lowest BCUT2D eigenvalue weighted by atomic mass is 10.2. The highest BCUT2D eigenvalue weighted by Gasteiger charge is 2.23. The predicted octanol–water partition coefficient (Wildman–Crippen LogP) is 5.41. The molecule has 6 nitrogen and oxygen atoms in total. The Morgan fingerprint density at radius 1 is 1.06 bits per heavy atom. The number of fused-ring (bicyclic) bond motifs is 1. The maximum absolute atomic E-state index is 12.6. The van der Waals surface area contributed by atoms with E-state index in [4.69, 9.17) is 11.6 Å². The number of carbonyl (C=O) groups excluding carboxylic acids is 1. The Bertz CT molecular complexity index is 1190. The molecule has 3 heterocycles. The highest BCUT2D eigenvalue weighted by molar-refractivity contribution is 7.17. The fourth-order valence-corrected chi connectivity index (χ4v) is 5.03. The number of nitrogens with one attached hydrogen (secondary N) is 2. The van der Waals surface area contributed by atoms with Gasteiger partial charge in [0.05, 0.1) is 26.3 Å². The molecule has 1 fully saturated rings. The topological polar surface area (TPSA) is 64.3 Å². The molecule has 0 radical (unpaired) electrons. The van der Waals surface area contributed by atoms with E-state index in [1.807, 2.05) is 29.2 Å². The Kier molecular flexibility index (Phi) is 5.76. The second kappa shape index (κ2) is 8.84. The molecule has 1 amide bonds. The number of amides is 1. The van der Waals surface area contributed by atoms with Gasteiger partial charge in [0.15, 0.2) is 0 Å². The van der Waals surface area contributed by atoms with Crippen molar-refractivity contribution in [2.24, 2.45) is 0 Å². The number of aromatic amines is 1. The molecule has 2 aromatic heterocycles. The van der Waals surface area contributed by atoms with Crippen LogP contribution in [0.2, 0.25) is 4.34 Å². The van der Waals surface area contributed by atoms with Gasteiger partial charge in [-0.1, -0.05) is 23.7 Å². The number of thiophene rings is 1. The largest absolute Gasteiger partial charge is 0.375 e. The number of piperazine rings is 1. The zero-order valence-corrected chi connectivity index (χ0v) is 19.3. The molecule has 2 N–H and O–H groups in total. The van der Waals surface area contributed by atoms with Gasteiger partial charge in [-0.25, -0.2) is 4.98 Å². The van der Waals surface area contributed by atoms with Gasteiger partial charge in [-0.2, -0.15) is 0 Å². The molecule has 1 aliphatic rings. The first-order valence-corrected chi connectivity index (χ1v) is 11.9. The Morgan fingerprint density at radius 3 is 2.50 bits per heavy atom. The van der Waals surface area contributed by atoms with Crippen molar-refractivity contribution >= 4 is 51.3 Å². The Labute approximate surface area is 195 Å². The van der Waals surface area contributed by atoms with Gasteiger partial charge in [0.25, 0.3) is 5.91 Å². The number of anilines is 2. The van der Waals surface area contributed by atoms with Crippen LogP contribution in [0.15, 0.2) is 60.7 Å². The third kappa shape index (κ3) is 4.31. The van der Waals surface area contributed by atoms with Crippen LogP contribution >= 0.6 is 22.9 Å². The maximum Gasteiger partial charge on any atom is 0.264 e. The van der Waals surface area contributed by atoms with Crippen LogP contribution in [0.25, 0.3) is 11.0 Å². The second-order valence-corrected chi connectivity index (χ2v) is 9.65. The molecule has 1 saturated heterocycles. The first-order valence-electron chi connectivity index (χ1n) is 10.7. The second-order valence-electron chi connectivity index (χ2n) is 7.94. The smallest absolute Gasteiger partial charge is 0.264 e. The van der Waals surface area contributed by atoms with Crippen LogP contribution in [0.5, 0.6) is 0 Å². The van der Waals surface area contributed by atoms with Gasteiger partial charge in [-0.15, -0.1) is 11.3 Å². The van der Waals surface area contributed by atoms with Gasteiger partial charge < -0.3 is 20.1 Å². The highest BCUT2D eigenvalue weighted by atomic mass is 35.5. The number of halogens is 1. The summed E-state index contributed by atoms with van der Waals surface area (Å²) in [5, 5.41) is 3.52. The standard InChI is InChI=1S/C24H24ClN5OS/c1-16(23-27-19-4-2-3-5-20(19)28-23)26-17-6-8-18(9-7-17)29-12-14-30(15-13-29)24(31)21-10-11-22(25)32-21/h2-11,16,26H,12-15H2,1H3,(H,27,28). The molecular weight excluding hydrogens is 442 g/mol. The van der Waals surface area contributed by atoms with Crippen molar-refractivity contribution in [1.82, 2.24) is 14.9 Å². The monoisotopic (exact) mass is 465 g/mol. The molecule has 0 spiro atoms. The van der Waals surface area contributed by atoms with E-state index in [2.05, 4.69) is 51.4 Å². The lowest BCUT2D eigenvalue weighted by Gasteiger charge is -2.36. The third-order valence-corrected chi connectivity index (χ3v) is 7.00. The maximum atomic E-state index is 12.6. The zero-order valence-electron chi connectivity index (χ0n) is 17.7. The molecule has 32 heavy (non-hydrogen) atoms. The minimum absolute atomic E-state index is 0.0635. The molecule has 5 rings (SSSR count). The number of nitrogens with zero attached hydrogens (tertiary/aromatic N) is 3. The average Bonchev–Trinajstić information content (AvgIpc) is 3.45. The highest BCUT2D eigenvalue weighted by Crippen LogP contribution is 2.26. The average molecular weight is 466 g/mol. The SMILES string of the molecule is CC(Nc1ccc(N2CCN(C(=O)c3ccc(Cl)s3)CC2)cc1)c1nc2ccccc2[nH]1. The van der Waals surface area contributed by atoms with Crippen molar-refractivity contribution in [2.45, 2.75) is 13.0 Å². The Hall–Kier alpha value is -3.03. The molecule has 8 heteroatoms. The number of rotatable bonds is 5. The summed E-state index contributed by atoms with van der Waals surface area (Å²) >= 11 is 7.31. The number of hydrogen-bond donors (Lipinski definition) is 2. The van der Waals surface area contributed by atoms with Crippen molar-refractivity contribution in [3.05, 3.63) is 75.7 Å². The van der Waals surface area contributed by atoms with E-state index in [1.54, 1.807) is 12.1 Å². The fraction of sp³-hybridized carbons (Fsp3) is 0.250.